The number of fused-ring (bicyclic) bond motifs is 1. The topological polar surface area (TPSA) is 55.7 Å². The van der Waals surface area contributed by atoms with E-state index in [1.807, 2.05) is 6.07 Å². The Kier molecular flexibility index (Phi) is 3.43. The van der Waals surface area contributed by atoms with Gasteiger partial charge in [-0.3, -0.25) is 4.79 Å². The summed E-state index contributed by atoms with van der Waals surface area (Å²) in [6.07, 6.45) is 2.96. The highest BCUT2D eigenvalue weighted by Gasteiger charge is 2.17. The first-order valence-electron chi connectivity index (χ1n) is 6.42. The van der Waals surface area contributed by atoms with E-state index in [1.54, 1.807) is 54.6 Å². The second-order valence-electron chi connectivity index (χ2n) is 4.46. The van der Waals surface area contributed by atoms with Crippen molar-refractivity contribution in [2.24, 2.45) is 5.16 Å². The van der Waals surface area contributed by atoms with E-state index >= 15 is 0 Å². The molecule has 4 heteroatoms. The van der Waals surface area contributed by atoms with Crippen LogP contribution in [-0.4, -0.2) is 17.5 Å². The number of rotatable bonds is 2. The van der Waals surface area contributed by atoms with Crippen LogP contribution in [0.25, 0.3) is 0 Å². The van der Waals surface area contributed by atoms with Crippen LogP contribution >= 0.6 is 0 Å². The van der Waals surface area contributed by atoms with Gasteiger partial charge >= 0.3 is 5.97 Å². The van der Waals surface area contributed by atoms with Crippen molar-refractivity contribution in [1.29, 1.82) is 0 Å². The van der Waals surface area contributed by atoms with Crippen molar-refractivity contribution in [3.05, 3.63) is 83.4 Å². The number of hydrogen-bond acceptors (Lipinski definition) is 4. The van der Waals surface area contributed by atoms with Gasteiger partial charge in [0.15, 0.2) is 5.78 Å². The van der Waals surface area contributed by atoms with E-state index in [0.29, 0.717) is 22.4 Å². The molecule has 102 valence electrons. The molecule has 2 aromatic rings. The molecule has 0 saturated carbocycles. The third-order valence-corrected chi connectivity index (χ3v) is 3.10. The Labute approximate surface area is 121 Å². The summed E-state index contributed by atoms with van der Waals surface area (Å²) in [7, 11) is 0. The van der Waals surface area contributed by atoms with Crippen LogP contribution < -0.4 is 0 Å². The van der Waals surface area contributed by atoms with Gasteiger partial charge in [0.05, 0.1) is 5.56 Å². The van der Waals surface area contributed by atoms with Crippen LogP contribution in [0.2, 0.25) is 0 Å². The summed E-state index contributed by atoms with van der Waals surface area (Å²) in [5.74, 6) is -0.621. The SMILES string of the molecule is O=C(O/N=C1/C=CC(=O)c2ccccc21)c1ccccc1. The van der Waals surface area contributed by atoms with Gasteiger partial charge in [-0.1, -0.05) is 47.6 Å². The number of nitrogens with zero attached hydrogens (tertiary/aromatic N) is 1. The van der Waals surface area contributed by atoms with Crippen molar-refractivity contribution in [1.82, 2.24) is 0 Å². The van der Waals surface area contributed by atoms with Crippen molar-refractivity contribution in [3.8, 4) is 0 Å². The minimum absolute atomic E-state index is 0.0843. The van der Waals surface area contributed by atoms with Gasteiger partial charge in [0.25, 0.3) is 0 Å². The Bertz CT molecular complexity index is 761. The molecule has 0 unspecified atom stereocenters. The molecule has 0 bridgehead atoms. The first-order chi connectivity index (χ1) is 10.3. The number of hydrogen-bond donors (Lipinski definition) is 0. The zero-order valence-electron chi connectivity index (χ0n) is 11.0. The van der Waals surface area contributed by atoms with Gasteiger partial charge in [0.1, 0.15) is 5.71 Å². The predicted octanol–water partition coefficient (Wildman–Crippen LogP) is 3.00. The molecule has 4 nitrogen and oxygen atoms in total. The van der Waals surface area contributed by atoms with E-state index < -0.39 is 5.97 Å². The molecule has 0 fully saturated rings. The van der Waals surface area contributed by atoms with Crippen molar-refractivity contribution in [2.75, 3.05) is 0 Å². The minimum Gasteiger partial charge on any atom is -0.312 e. The molecular weight excluding hydrogens is 266 g/mol. The minimum atomic E-state index is -0.536. The van der Waals surface area contributed by atoms with Crippen LogP contribution in [0.3, 0.4) is 0 Å². The van der Waals surface area contributed by atoms with Crippen molar-refractivity contribution < 1.29 is 14.4 Å². The zero-order valence-corrected chi connectivity index (χ0v) is 11.0. The number of allylic oxidation sites excluding steroid dienone is 2. The quantitative estimate of drug-likeness (QED) is 0.626. The monoisotopic (exact) mass is 277 g/mol. The summed E-state index contributed by atoms with van der Waals surface area (Å²) in [4.78, 5) is 28.5. The Morgan fingerprint density at radius 3 is 2.29 bits per heavy atom. The summed E-state index contributed by atoms with van der Waals surface area (Å²) in [6, 6.07) is 15.7. The fourth-order valence-electron chi connectivity index (χ4n) is 2.05. The average molecular weight is 277 g/mol. The van der Waals surface area contributed by atoms with Gasteiger partial charge in [-0.25, -0.2) is 4.79 Å². The molecule has 0 spiro atoms. The average Bonchev–Trinajstić information content (AvgIpc) is 2.55. The highest BCUT2D eigenvalue weighted by Crippen LogP contribution is 2.17. The first kappa shape index (κ1) is 13.0. The standard InChI is InChI=1S/C17H11NO3/c19-16-11-10-15(13-8-4-5-9-14(13)16)18-21-17(20)12-6-2-1-3-7-12/h1-11H/b18-15-. The molecule has 2 aromatic carbocycles. The van der Waals surface area contributed by atoms with E-state index in [2.05, 4.69) is 5.16 Å². The third kappa shape index (κ3) is 2.65. The van der Waals surface area contributed by atoms with Gasteiger partial charge in [0, 0.05) is 11.1 Å². The molecule has 0 heterocycles. The lowest BCUT2D eigenvalue weighted by Gasteiger charge is -2.10. The van der Waals surface area contributed by atoms with Crippen LogP contribution in [0, 0.1) is 0 Å². The van der Waals surface area contributed by atoms with Crippen LogP contribution in [0.1, 0.15) is 26.3 Å². The van der Waals surface area contributed by atoms with Gasteiger partial charge in [-0.2, -0.15) is 0 Å². The Hall–Kier alpha value is -3.01. The van der Waals surface area contributed by atoms with Crippen LogP contribution in [0.5, 0.6) is 0 Å². The fourth-order valence-corrected chi connectivity index (χ4v) is 2.05. The molecule has 0 aliphatic heterocycles. The second kappa shape index (κ2) is 5.54. The number of carbonyl (C=O) groups is 2. The molecule has 0 saturated heterocycles. The van der Waals surface area contributed by atoms with Crippen LogP contribution in [0.15, 0.2) is 71.9 Å². The van der Waals surface area contributed by atoms with Gasteiger partial charge in [0.2, 0.25) is 0 Å². The maximum absolute atomic E-state index is 11.8. The lowest BCUT2D eigenvalue weighted by atomic mass is 9.95. The summed E-state index contributed by atoms with van der Waals surface area (Å²) >= 11 is 0. The highest BCUT2D eigenvalue weighted by molar-refractivity contribution is 6.23. The largest absolute Gasteiger partial charge is 0.365 e. The number of ketones is 1. The Balaban J connectivity index is 1.86. The maximum atomic E-state index is 11.8. The van der Waals surface area contributed by atoms with E-state index in [4.69, 9.17) is 4.84 Å². The van der Waals surface area contributed by atoms with Gasteiger partial charge in [-0.15, -0.1) is 0 Å². The first-order valence-corrected chi connectivity index (χ1v) is 6.42. The Morgan fingerprint density at radius 2 is 1.52 bits per heavy atom. The van der Waals surface area contributed by atoms with E-state index in [1.165, 1.54) is 6.08 Å². The lowest BCUT2D eigenvalue weighted by molar-refractivity contribution is 0.0517. The number of benzene rings is 2. The van der Waals surface area contributed by atoms with Crippen LogP contribution in [0.4, 0.5) is 0 Å². The number of carbonyl (C=O) groups excluding carboxylic acids is 2. The smallest absolute Gasteiger partial charge is 0.312 e. The van der Waals surface area contributed by atoms with Crippen molar-refractivity contribution >= 4 is 17.5 Å². The zero-order chi connectivity index (χ0) is 14.7. The molecule has 3 rings (SSSR count). The van der Waals surface area contributed by atoms with E-state index in [0.717, 1.165) is 0 Å². The predicted molar refractivity (Wildman–Crippen MR) is 78.3 cm³/mol. The fraction of sp³-hybridized carbons (Fsp3) is 0. The van der Waals surface area contributed by atoms with Crippen molar-refractivity contribution in [3.63, 3.8) is 0 Å². The van der Waals surface area contributed by atoms with E-state index in [9.17, 15) is 9.59 Å². The number of oxime groups is 1. The third-order valence-electron chi connectivity index (χ3n) is 3.10. The molecule has 0 N–H and O–H groups in total. The normalized spacial score (nSPS) is 14.9. The van der Waals surface area contributed by atoms with Gasteiger partial charge in [-0.05, 0) is 24.3 Å². The molecule has 1 aliphatic carbocycles. The summed E-state index contributed by atoms with van der Waals surface area (Å²) in [5, 5.41) is 3.86. The molecule has 0 aromatic heterocycles. The molecule has 1 aliphatic rings. The Morgan fingerprint density at radius 1 is 0.857 bits per heavy atom. The molecule has 0 radical (unpaired) electrons. The van der Waals surface area contributed by atoms with E-state index in [-0.39, 0.29) is 5.78 Å². The maximum Gasteiger partial charge on any atom is 0.365 e. The van der Waals surface area contributed by atoms with Crippen molar-refractivity contribution in [2.45, 2.75) is 0 Å². The summed E-state index contributed by atoms with van der Waals surface area (Å²) in [5.41, 5.74) is 2.08. The second-order valence-corrected chi connectivity index (χ2v) is 4.46. The lowest BCUT2D eigenvalue weighted by Crippen LogP contribution is -2.13. The van der Waals surface area contributed by atoms with Gasteiger partial charge < -0.3 is 4.84 Å². The molecule has 0 amide bonds. The molecule has 0 atom stereocenters. The summed E-state index contributed by atoms with van der Waals surface area (Å²) < 4.78 is 0. The molecular formula is C17H11NO3. The summed E-state index contributed by atoms with van der Waals surface area (Å²) in [6.45, 7) is 0. The molecule has 21 heavy (non-hydrogen) atoms. The van der Waals surface area contributed by atoms with Crippen LogP contribution in [-0.2, 0) is 4.84 Å². The highest BCUT2D eigenvalue weighted by atomic mass is 16.7.